The van der Waals surface area contributed by atoms with Gasteiger partial charge in [-0.3, -0.25) is 29.0 Å². The van der Waals surface area contributed by atoms with E-state index < -0.39 is 0 Å². The first-order chi connectivity index (χ1) is 18.3. The number of nitrogens with zero attached hydrogens (tertiary/aromatic N) is 4. The number of carbonyl (C=O) groups excluding carboxylic acids is 4. The molecule has 0 radical (unpaired) electrons. The highest BCUT2D eigenvalue weighted by Gasteiger charge is 2.30. The quantitative estimate of drug-likeness (QED) is 0.495. The van der Waals surface area contributed by atoms with Crippen LogP contribution in [-0.4, -0.2) is 123 Å². The van der Waals surface area contributed by atoms with Crippen LogP contribution in [0.25, 0.3) is 0 Å². The molecule has 2 N–H and O–H groups in total. The Morgan fingerprint density at radius 2 is 0.974 bits per heavy atom. The molecule has 10 heteroatoms. The molecule has 10 nitrogen and oxygen atoms in total. The Kier molecular flexibility index (Phi) is 7.66. The number of amides is 2. The first-order valence-electron chi connectivity index (χ1n) is 13.1. The standard InChI is InChI=1S/C28H34N6O4/c1-31-7-11-33(12-8-31)17-25(35)29-19-3-5-21-23(15-19)28(38)24-16-20(4-6-22(24)27(21)37)30-26(36)18-34-13-9-32(2)10-14-34/h3-6,15-16H,7-14,17-18H2,1-2H3,(H,29,35)(H,30,36). The zero-order chi connectivity index (χ0) is 26.8. The van der Waals surface area contributed by atoms with Crippen molar-refractivity contribution in [2.75, 3.05) is 90.2 Å². The third-order valence-electron chi connectivity index (χ3n) is 7.51. The van der Waals surface area contributed by atoms with Crippen LogP contribution in [0.2, 0.25) is 0 Å². The molecule has 2 saturated heterocycles. The Hall–Kier alpha value is -3.44. The van der Waals surface area contributed by atoms with Gasteiger partial charge in [0.1, 0.15) is 0 Å². The van der Waals surface area contributed by atoms with E-state index in [1.54, 1.807) is 36.4 Å². The predicted molar refractivity (Wildman–Crippen MR) is 145 cm³/mol. The Morgan fingerprint density at radius 1 is 0.605 bits per heavy atom. The fraction of sp³-hybridized carbons (Fsp3) is 0.429. The van der Waals surface area contributed by atoms with Gasteiger partial charge in [-0.1, -0.05) is 0 Å². The Bertz CT molecular complexity index is 1170. The summed E-state index contributed by atoms with van der Waals surface area (Å²) in [5, 5.41) is 5.73. The summed E-state index contributed by atoms with van der Waals surface area (Å²) in [5.41, 5.74) is 2.08. The third-order valence-corrected chi connectivity index (χ3v) is 7.51. The van der Waals surface area contributed by atoms with E-state index in [4.69, 9.17) is 0 Å². The molecular weight excluding hydrogens is 484 g/mol. The highest BCUT2D eigenvalue weighted by molar-refractivity contribution is 6.29. The van der Waals surface area contributed by atoms with Gasteiger partial charge in [0.05, 0.1) is 13.1 Å². The van der Waals surface area contributed by atoms with Crippen LogP contribution < -0.4 is 10.6 Å². The van der Waals surface area contributed by atoms with E-state index in [0.29, 0.717) is 22.5 Å². The molecule has 2 aromatic carbocycles. The summed E-state index contributed by atoms with van der Waals surface area (Å²) in [6.07, 6.45) is 0. The first-order valence-corrected chi connectivity index (χ1v) is 13.1. The van der Waals surface area contributed by atoms with Crippen molar-refractivity contribution in [3.05, 3.63) is 58.7 Å². The maximum Gasteiger partial charge on any atom is 0.238 e. The number of benzene rings is 2. The summed E-state index contributed by atoms with van der Waals surface area (Å²) >= 11 is 0. The fourth-order valence-electron chi connectivity index (χ4n) is 5.13. The molecule has 5 rings (SSSR count). The summed E-state index contributed by atoms with van der Waals surface area (Å²) in [4.78, 5) is 60.4. The van der Waals surface area contributed by atoms with Crippen molar-refractivity contribution >= 4 is 34.8 Å². The van der Waals surface area contributed by atoms with Gasteiger partial charge < -0.3 is 20.4 Å². The summed E-state index contributed by atoms with van der Waals surface area (Å²) in [7, 11) is 4.12. The zero-order valence-electron chi connectivity index (χ0n) is 22.0. The number of nitrogens with one attached hydrogen (secondary N) is 2. The lowest BCUT2D eigenvalue weighted by Gasteiger charge is -2.31. The number of rotatable bonds is 6. The second kappa shape index (κ2) is 11.1. The maximum absolute atomic E-state index is 13.4. The third kappa shape index (κ3) is 5.83. The van der Waals surface area contributed by atoms with E-state index in [-0.39, 0.29) is 47.6 Å². The Labute approximate surface area is 222 Å². The number of carbonyl (C=O) groups is 4. The van der Waals surface area contributed by atoms with E-state index in [1.807, 2.05) is 0 Å². The summed E-state index contributed by atoms with van der Waals surface area (Å²) in [6, 6.07) is 9.64. The average molecular weight is 519 g/mol. The largest absolute Gasteiger partial charge is 0.325 e. The molecule has 200 valence electrons. The molecule has 2 fully saturated rings. The number of hydrogen-bond donors (Lipinski definition) is 2. The molecule has 2 aromatic rings. The van der Waals surface area contributed by atoms with Gasteiger partial charge in [-0.25, -0.2) is 0 Å². The smallest absolute Gasteiger partial charge is 0.238 e. The van der Waals surface area contributed by atoms with E-state index in [1.165, 1.54) is 0 Å². The van der Waals surface area contributed by atoms with Crippen LogP contribution in [0.15, 0.2) is 36.4 Å². The van der Waals surface area contributed by atoms with Crippen molar-refractivity contribution in [1.82, 2.24) is 19.6 Å². The second-order valence-corrected chi connectivity index (χ2v) is 10.4. The van der Waals surface area contributed by atoms with Crippen molar-refractivity contribution in [2.24, 2.45) is 0 Å². The zero-order valence-corrected chi connectivity index (χ0v) is 22.0. The molecular formula is C28H34N6O4. The van der Waals surface area contributed by atoms with Crippen molar-refractivity contribution in [1.29, 1.82) is 0 Å². The number of piperazine rings is 2. The molecule has 0 saturated carbocycles. The van der Waals surface area contributed by atoms with Crippen LogP contribution in [-0.2, 0) is 9.59 Å². The maximum atomic E-state index is 13.4. The highest BCUT2D eigenvalue weighted by atomic mass is 16.2. The average Bonchev–Trinajstić information content (AvgIpc) is 2.90. The lowest BCUT2D eigenvalue weighted by Crippen LogP contribution is -2.47. The van der Waals surface area contributed by atoms with Crippen LogP contribution in [0.5, 0.6) is 0 Å². The number of ketones is 2. The molecule has 0 atom stereocenters. The van der Waals surface area contributed by atoms with E-state index in [0.717, 1.165) is 52.4 Å². The van der Waals surface area contributed by atoms with Crippen molar-refractivity contribution in [3.63, 3.8) is 0 Å². The fourth-order valence-corrected chi connectivity index (χ4v) is 5.13. The van der Waals surface area contributed by atoms with Gasteiger partial charge in [0.15, 0.2) is 11.6 Å². The molecule has 0 bridgehead atoms. The molecule has 3 aliphatic rings. The molecule has 2 heterocycles. The molecule has 0 unspecified atom stereocenters. The molecule has 0 spiro atoms. The summed E-state index contributed by atoms with van der Waals surface area (Å²) in [5.74, 6) is -0.871. The normalized spacial score (nSPS) is 19.1. The molecule has 2 aliphatic heterocycles. The van der Waals surface area contributed by atoms with Gasteiger partial charge in [-0.2, -0.15) is 0 Å². The molecule has 2 amide bonds. The number of hydrogen-bond acceptors (Lipinski definition) is 8. The van der Waals surface area contributed by atoms with E-state index in [9.17, 15) is 19.2 Å². The van der Waals surface area contributed by atoms with Crippen molar-refractivity contribution < 1.29 is 19.2 Å². The molecule has 0 aromatic heterocycles. The minimum absolute atomic E-state index is 0.158. The Balaban J connectivity index is 1.26. The lowest BCUT2D eigenvalue weighted by molar-refractivity contribution is -0.118. The van der Waals surface area contributed by atoms with Crippen LogP contribution >= 0.6 is 0 Å². The van der Waals surface area contributed by atoms with Gasteiger partial charge in [-0.05, 0) is 50.5 Å². The van der Waals surface area contributed by atoms with E-state index in [2.05, 4.69) is 44.3 Å². The topological polar surface area (TPSA) is 105 Å². The Morgan fingerprint density at radius 3 is 1.37 bits per heavy atom. The van der Waals surface area contributed by atoms with Gasteiger partial charge in [0.2, 0.25) is 11.8 Å². The second-order valence-electron chi connectivity index (χ2n) is 10.4. The first kappa shape index (κ1) is 26.2. The van der Waals surface area contributed by atoms with Gasteiger partial charge in [-0.15, -0.1) is 0 Å². The van der Waals surface area contributed by atoms with Crippen LogP contribution in [0.3, 0.4) is 0 Å². The van der Waals surface area contributed by atoms with Crippen molar-refractivity contribution in [3.8, 4) is 0 Å². The van der Waals surface area contributed by atoms with E-state index >= 15 is 0 Å². The predicted octanol–water partition coefficient (Wildman–Crippen LogP) is 0.834. The van der Waals surface area contributed by atoms with Gasteiger partial charge in [0, 0.05) is 86.0 Å². The van der Waals surface area contributed by atoms with Gasteiger partial charge >= 0.3 is 0 Å². The summed E-state index contributed by atoms with van der Waals surface area (Å²) in [6.45, 7) is 7.52. The van der Waals surface area contributed by atoms with Crippen LogP contribution in [0, 0.1) is 0 Å². The number of anilines is 2. The lowest BCUT2D eigenvalue weighted by atomic mass is 9.83. The minimum Gasteiger partial charge on any atom is -0.325 e. The number of fused-ring (bicyclic) bond motifs is 2. The minimum atomic E-state index is -0.306. The highest BCUT2D eigenvalue weighted by Crippen LogP contribution is 2.31. The van der Waals surface area contributed by atoms with Gasteiger partial charge in [0.25, 0.3) is 0 Å². The van der Waals surface area contributed by atoms with Crippen LogP contribution in [0.4, 0.5) is 11.4 Å². The van der Waals surface area contributed by atoms with Crippen molar-refractivity contribution in [2.45, 2.75) is 0 Å². The monoisotopic (exact) mass is 518 g/mol. The molecule has 1 aliphatic carbocycles. The number of likely N-dealkylation sites (N-methyl/N-ethyl adjacent to an activating group) is 2. The molecule has 38 heavy (non-hydrogen) atoms. The SMILES string of the molecule is CN1CCN(CC(=O)Nc2ccc3c(c2)C(=O)c2cc(NC(=O)CN4CCN(C)CC4)ccc2C3=O)CC1. The van der Waals surface area contributed by atoms with Crippen LogP contribution in [0.1, 0.15) is 31.8 Å². The summed E-state index contributed by atoms with van der Waals surface area (Å²) < 4.78 is 0.